The first-order valence-electron chi connectivity index (χ1n) is 13.0. The van der Waals surface area contributed by atoms with Gasteiger partial charge in [-0.25, -0.2) is 4.39 Å². The van der Waals surface area contributed by atoms with Crippen molar-refractivity contribution in [3.8, 4) is 0 Å². The number of rotatable bonds is 11. The van der Waals surface area contributed by atoms with Gasteiger partial charge in [0.15, 0.2) is 5.78 Å². The van der Waals surface area contributed by atoms with Crippen LogP contribution in [0.4, 0.5) is 17.6 Å². The van der Waals surface area contributed by atoms with Gasteiger partial charge in [-0.3, -0.25) is 28.7 Å². The van der Waals surface area contributed by atoms with E-state index in [-0.39, 0.29) is 38.0 Å². The van der Waals surface area contributed by atoms with Crippen molar-refractivity contribution in [2.24, 2.45) is 11.8 Å². The minimum Gasteiger partial charge on any atom is -0.381 e. The zero-order valence-electron chi connectivity index (χ0n) is 21.2. The molecule has 0 aromatic rings. The summed E-state index contributed by atoms with van der Waals surface area (Å²) in [6.45, 7) is -0.207. The maximum Gasteiger partial charge on any atom is 0.522 e. The molecule has 2 bridgehead atoms. The lowest BCUT2D eigenvalue weighted by Gasteiger charge is -2.65. The van der Waals surface area contributed by atoms with Gasteiger partial charge < -0.3 is 26.0 Å². The zero-order valence-corrected chi connectivity index (χ0v) is 21.2. The third-order valence-corrected chi connectivity index (χ3v) is 7.85. The summed E-state index contributed by atoms with van der Waals surface area (Å²) in [5.74, 6) is -5.34. The van der Waals surface area contributed by atoms with Crippen LogP contribution in [-0.4, -0.2) is 85.4 Å². The molecule has 5 rings (SSSR count). The maximum atomic E-state index is 13.8. The average molecular weight is 565 g/mol. The van der Waals surface area contributed by atoms with Crippen molar-refractivity contribution >= 4 is 29.4 Å². The Kier molecular flexibility index (Phi) is 8.50. The lowest BCUT2D eigenvalue weighted by molar-refractivity contribution is -0.321. The van der Waals surface area contributed by atoms with Gasteiger partial charge >= 0.3 is 18.2 Å². The first kappa shape index (κ1) is 29.2. The summed E-state index contributed by atoms with van der Waals surface area (Å²) in [6.07, 6.45) is -3.46. The predicted molar refractivity (Wildman–Crippen MR) is 123 cm³/mol. The fraction of sp³-hybridized carbons (Fsp3) is 0.792. The highest BCUT2D eigenvalue weighted by molar-refractivity contribution is 6.35. The van der Waals surface area contributed by atoms with Gasteiger partial charge in [-0.2, -0.15) is 0 Å². The standard InChI is InChI=1S/C24H32F4N4O7/c25-22-10-23(11-22,12-22)32-21(37)20(36)31-16(7-13-2-5-38-6-3-13)19(35)30-15(8-14-1-4-29-18(14)34)17(33)9-39-24(26,27)28/h13-16H,1-12H2,(H,29,34)(H,30,35)(H,31,36)(H,32,37)/t14-,15-,16?,22?,23?/m0/s1. The number of ketones is 1. The van der Waals surface area contributed by atoms with Gasteiger partial charge in [0, 0.05) is 50.5 Å². The Morgan fingerprint density at radius 1 is 1.00 bits per heavy atom. The first-order valence-corrected chi connectivity index (χ1v) is 13.0. The van der Waals surface area contributed by atoms with E-state index in [0.29, 0.717) is 39.0 Å². The molecule has 0 spiro atoms. The average Bonchev–Trinajstić information content (AvgIpc) is 3.24. The molecule has 2 saturated heterocycles. The molecular weight excluding hydrogens is 532 g/mol. The minimum absolute atomic E-state index is 0.0785. The summed E-state index contributed by atoms with van der Waals surface area (Å²) in [7, 11) is 0. The third kappa shape index (κ3) is 7.44. The summed E-state index contributed by atoms with van der Waals surface area (Å²) in [5.41, 5.74) is -2.07. The molecule has 11 nitrogen and oxygen atoms in total. The molecule has 3 aliphatic carbocycles. The van der Waals surface area contributed by atoms with Crippen molar-refractivity contribution in [3.05, 3.63) is 0 Å². The molecule has 39 heavy (non-hydrogen) atoms. The first-order chi connectivity index (χ1) is 18.3. The molecule has 0 aromatic carbocycles. The molecule has 3 atom stereocenters. The minimum atomic E-state index is -5.08. The number of hydrogen-bond donors (Lipinski definition) is 4. The topological polar surface area (TPSA) is 152 Å². The van der Waals surface area contributed by atoms with Crippen LogP contribution in [0.25, 0.3) is 0 Å². The number of nitrogens with one attached hydrogen (secondary N) is 4. The Labute approximate surface area is 221 Å². The van der Waals surface area contributed by atoms with Crippen molar-refractivity contribution in [2.75, 3.05) is 26.4 Å². The van der Waals surface area contributed by atoms with E-state index in [1.165, 1.54) is 0 Å². The highest BCUT2D eigenvalue weighted by Crippen LogP contribution is 2.62. The van der Waals surface area contributed by atoms with Gasteiger partial charge in [0.1, 0.15) is 18.3 Å². The van der Waals surface area contributed by atoms with E-state index in [1.54, 1.807) is 0 Å². The molecule has 0 aromatic heterocycles. The number of alkyl halides is 4. The van der Waals surface area contributed by atoms with Crippen LogP contribution >= 0.6 is 0 Å². The van der Waals surface area contributed by atoms with Gasteiger partial charge in [0.05, 0.1) is 6.04 Å². The van der Waals surface area contributed by atoms with Gasteiger partial charge in [-0.05, 0) is 38.0 Å². The maximum absolute atomic E-state index is 13.8. The Bertz CT molecular complexity index is 982. The summed E-state index contributed by atoms with van der Waals surface area (Å²) < 4.78 is 60.4. The predicted octanol–water partition coefficient (Wildman–Crippen LogP) is 0.165. The van der Waals surface area contributed by atoms with E-state index in [4.69, 9.17) is 4.74 Å². The Balaban J connectivity index is 1.43. The second kappa shape index (κ2) is 11.4. The molecule has 3 saturated carbocycles. The molecule has 0 radical (unpaired) electrons. The molecule has 4 amide bonds. The molecular formula is C24H32F4N4O7. The Morgan fingerprint density at radius 3 is 2.23 bits per heavy atom. The molecule has 1 unspecified atom stereocenters. The molecule has 15 heteroatoms. The highest BCUT2D eigenvalue weighted by Gasteiger charge is 2.70. The lowest BCUT2D eigenvalue weighted by Crippen LogP contribution is -2.77. The summed E-state index contributed by atoms with van der Waals surface area (Å²) in [4.78, 5) is 63.1. The highest BCUT2D eigenvalue weighted by atomic mass is 19.4. The van der Waals surface area contributed by atoms with Crippen LogP contribution < -0.4 is 21.3 Å². The molecule has 4 N–H and O–H groups in total. The number of carbonyl (C=O) groups is 5. The molecule has 5 fully saturated rings. The summed E-state index contributed by atoms with van der Waals surface area (Å²) in [5, 5.41) is 9.81. The Hall–Kier alpha value is -2.81. The van der Waals surface area contributed by atoms with Crippen molar-refractivity contribution in [2.45, 2.75) is 81.0 Å². The number of halogens is 4. The number of carbonyl (C=O) groups excluding carboxylic acids is 5. The third-order valence-electron chi connectivity index (χ3n) is 7.85. The second-order valence-corrected chi connectivity index (χ2v) is 11.0. The van der Waals surface area contributed by atoms with Crippen LogP contribution in [0.2, 0.25) is 0 Å². The van der Waals surface area contributed by atoms with Crippen molar-refractivity contribution in [1.82, 2.24) is 21.3 Å². The fourth-order valence-electron chi connectivity index (χ4n) is 5.82. The van der Waals surface area contributed by atoms with Crippen LogP contribution in [0.3, 0.4) is 0 Å². The van der Waals surface area contributed by atoms with Crippen molar-refractivity contribution < 1.29 is 51.0 Å². The van der Waals surface area contributed by atoms with E-state index in [0.717, 1.165) is 0 Å². The van der Waals surface area contributed by atoms with Gasteiger partial charge in [0.25, 0.3) is 0 Å². The molecule has 218 valence electrons. The number of Topliss-reactive ketones (excluding diaryl/α,β-unsaturated/α-hetero) is 1. The van der Waals surface area contributed by atoms with Crippen LogP contribution in [0, 0.1) is 11.8 Å². The quantitative estimate of drug-likeness (QED) is 0.206. The smallest absolute Gasteiger partial charge is 0.381 e. The molecule has 2 heterocycles. The van der Waals surface area contributed by atoms with Gasteiger partial charge in [-0.15, -0.1) is 13.2 Å². The molecule has 2 aliphatic heterocycles. The van der Waals surface area contributed by atoms with Crippen molar-refractivity contribution in [1.29, 1.82) is 0 Å². The van der Waals surface area contributed by atoms with E-state index < -0.39 is 71.6 Å². The monoisotopic (exact) mass is 564 g/mol. The number of hydrogen-bond acceptors (Lipinski definition) is 7. The van der Waals surface area contributed by atoms with Crippen LogP contribution in [0.5, 0.6) is 0 Å². The largest absolute Gasteiger partial charge is 0.522 e. The van der Waals surface area contributed by atoms with Crippen molar-refractivity contribution in [3.63, 3.8) is 0 Å². The van der Waals surface area contributed by atoms with E-state index in [2.05, 4.69) is 26.0 Å². The fourth-order valence-corrected chi connectivity index (χ4v) is 5.82. The van der Waals surface area contributed by atoms with Gasteiger partial charge in [0.2, 0.25) is 11.8 Å². The normalized spacial score (nSPS) is 29.7. The van der Waals surface area contributed by atoms with Gasteiger partial charge in [-0.1, -0.05) is 0 Å². The molecule has 5 aliphatic rings. The van der Waals surface area contributed by atoms with Crippen LogP contribution in [0.1, 0.15) is 51.4 Å². The van der Waals surface area contributed by atoms with Crippen LogP contribution in [0.15, 0.2) is 0 Å². The Morgan fingerprint density at radius 2 is 1.67 bits per heavy atom. The van der Waals surface area contributed by atoms with E-state index in [9.17, 15) is 41.5 Å². The summed E-state index contributed by atoms with van der Waals surface area (Å²) >= 11 is 0. The van der Waals surface area contributed by atoms with Crippen LogP contribution in [-0.2, 0) is 33.4 Å². The SMILES string of the molecule is O=C(NC(CC1CCOCC1)C(=O)N[C@@H](C[C@@H]1CCNC1=O)C(=O)COC(F)(F)F)C(=O)NC12CC(F)(C1)C2. The van der Waals surface area contributed by atoms with E-state index in [1.807, 2.05) is 0 Å². The second-order valence-electron chi connectivity index (χ2n) is 11.0. The summed E-state index contributed by atoms with van der Waals surface area (Å²) in [6, 6.07) is -2.80. The van der Waals surface area contributed by atoms with E-state index >= 15 is 0 Å². The zero-order chi connectivity index (χ0) is 28.4. The number of amides is 4. The lowest BCUT2D eigenvalue weighted by atomic mass is 9.47. The number of ether oxygens (including phenoxy) is 2.